The first-order chi connectivity index (χ1) is 8.16. The molecule has 1 aliphatic heterocycles. The van der Waals surface area contributed by atoms with E-state index in [1.54, 1.807) is 22.8 Å². The third-order valence-electron chi connectivity index (χ3n) is 2.61. The molecule has 0 amide bonds. The van der Waals surface area contributed by atoms with Gasteiger partial charge in [-0.2, -0.15) is 0 Å². The zero-order valence-corrected chi connectivity index (χ0v) is 9.31. The van der Waals surface area contributed by atoms with Gasteiger partial charge in [-0.1, -0.05) is 11.6 Å². The number of halogens is 1. The molecular weight excluding hydrogens is 244 g/mol. The average molecular weight is 251 g/mol. The zero-order chi connectivity index (χ0) is 12.0. The summed E-state index contributed by atoms with van der Waals surface area (Å²) in [7, 11) is 0. The van der Waals surface area contributed by atoms with Crippen LogP contribution in [-0.4, -0.2) is 20.6 Å². The van der Waals surface area contributed by atoms with Gasteiger partial charge in [-0.25, -0.2) is 9.78 Å². The zero-order valence-electron chi connectivity index (χ0n) is 8.55. The van der Waals surface area contributed by atoms with Crippen molar-refractivity contribution in [2.75, 3.05) is 0 Å². The molecule has 5 nitrogen and oxygen atoms in total. The minimum Gasteiger partial charge on any atom is -0.485 e. The van der Waals surface area contributed by atoms with Gasteiger partial charge in [-0.15, -0.1) is 0 Å². The first-order valence-corrected chi connectivity index (χ1v) is 5.27. The van der Waals surface area contributed by atoms with E-state index in [-0.39, 0.29) is 12.3 Å². The molecule has 0 unspecified atom stereocenters. The summed E-state index contributed by atoms with van der Waals surface area (Å²) in [6.45, 7) is 0.191. The molecule has 0 radical (unpaired) electrons. The van der Waals surface area contributed by atoms with Gasteiger partial charge in [0.1, 0.15) is 18.7 Å². The fourth-order valence-electron chi connectivity index (χ4n) is 1.84. The Morgan fingerprint density at radius 1 is 1.53 bits per heavy atom. The van der Waals surface area contributed by atoms with Gasteiger partial charge in [-0.05, 0) is 18.2 Å². The quantitative estimate of drug-likeness (QED) is 0.842. The van der Waals surface area contributed by atoms with Crippen LogP contribution in [0.3, 0.4) is 0 Å². The number of imidazole rings is 1. The topological polar surface area (TPSA) is 64.3 Å². The molecule has 2 heterocycles. The molecule has 0 atom stereocenters. The normalized spacial score (nSPS) is 12.5. The number of aromatic carboxylic acids is 1. The lowest BCUT2D eigenvalue weighted by atomic mass is 10.2. The molecular formula is C11H7ClN2O3. The molecule has 0 saturated carbocycles. The van der Waals surface area contributed by atoms with Crippen LogP contribution in [0, 0.1) is 0 Å². The molecule has 1 aromatic heterocycles. The van der Waals surface area contributed by atoms with Crippen LogP contribution in [0.1, 0.15) is 16.2 Å². The smallest absolute Gasteiger partial charge is 0.356 e. The maximum atomic E-state index is 11.0. The maximum absolute atomic E-state index is 11.0. The Balaban J connectivity index is 2.23. The van der Waals surface area contributed by atoms with Gasteiger partial charge in [0.25, 0.3) is 0 Å². The molecule has 3 rings (SSSR count). The number of carboxylic acids is 1. The monoisotopic (exact) mass is 250 g/mol. The third kappa shape index (κ3) is 1.47. The lowest BCUT2D eigenvalue weighted by Crippen LogP contribution is -2.14. The second-order valence-corrected chi connectivity index (χ2v) is 4.05. The Labute approximate surface area is 101 Å². The standard InChI is InChI=1S/C11H7ClN2O3/c12-6-1-2-9-7(3-6)14-5-13-10(11(15)16)8(14)4-17-9/h1-3,5H,4H2,(H,15,16). The molecule has 0 fully saturated rings. The molecule has 17 heavy (non-hydrogen) atoms. The molecule has 0 spiro atoms. The van der Waals surface area contributed by atoms with E-state index in [2.05, 4.69) is 4.98 Å². The van der Waals surface area contributed by atoms with E-state index in [1.165, 1.54) is 6.33 Å². The van der Waals surface area contributed by atoms with Crippen LogP contribution in [0.5, 0.6) is 5.75 Å². The molecule has 0 saturated heterocycles. The Bertz CT molecular complexity index is 621. The first-order valence-electron chi connectivity index (χ1n) is 4.89. The van der Waals surface area contributed by atoms with E-state index in [0.29, 0.717) is 22.2 Å². The van der Waals surface area contributed by atoms with Gasteiger partial charge in [-0.3, -0.25) is 4.57 Å². The summed E-state index contributed by atoms with van der Waals surface area (Å²) >= 11 is 5.91. The molecule has 1 aliphatic rings. The number of benzene rings is 1. The van der Waals surface area contributed by atoms with Gasteiger partial charge in [0.15, 0.2) is 5.69 Å². The maximum Gasteiger partial charge on any atom is 0.356 e. The summed E-state index contributed by atoms with van der Waals surface area (Å²) in [5.74, 6) is -0.399. The fraction of sp³-hybridized carbons (Fsp3) is 0.0909. The lowest BCUT2D eigenvalue weighted by molar-refractivity contribution is 0.0687. The number of hydrogen-bond donors (Lipinski definition) is 1. The molecule has 1 N–H and O–H groups in total. The van der Waals surface area contributed by atoms with Crippen LogP contribution in [0.25, 0.3) is 5.69 Å². The van der Waals surface area contributed by atoms with E-state index < -0.39 is 5.97 Å². The lowest BCUT2D eigenvalue weighted by Gasteiger charge is -2.20. The molecule has 86 valence electrons. The summed E-state index contributed by atoms with van der Waals surface area (Å²) < 4.78 is 7.16. The number of hydrogen-bond acceptors (Lipinski definition) is 3. The molecule has 0 bridgehead atoms. The average Bonchev–Trinajstić information content (AvgIpc) is 2.72. The highest BCUT2D eigenvalue weighted by Gasteiger charge is 2.24. The number of rotatable bonds is 1. The second-order valence-electron chi connectivity index (χ2n) is 3.62. The van der Waals surface area contributed by atoms with E-state index in [0.717, 1.165) is 0 Å². The Kier molecular flexibility index (Phi) is 2.09. The van der Waals surface area contributed by atoms with Crippen molar-refractivity contribution in [1.29, 1.82) is 0 Å². The predicted molar refractivity (Wildman–Crippen MR) is 59.9 cm³/mol. The number of carboxylic acid groups (broad SMARTS) is 1. The summed E-state index contributed by atoms with van der Waals surface area (Å²) in [5, 5.41) is 9.54. The third-order valence-corrected chi connectivity index (χ3v) is 2.85. The molecule has 2 aromatic rings. The highest BCUT2D eigenvalue weighted by atomic mass is 35.5. The Morgan fingerprint density at radius 2 is 2.35 bits per heavy atom. The molecule has 1 aromatic carbocycles. The van der Waals surface area contributed by atoms with Crippen molar-refractivity contribution >= 4 is 17.6 Å². The molecule has 0 aliphatic carbocycles. The van der Waals surface area contributed by atoms with E-state index in [1.807, 2.05) is 0 Å². The summed E-state index contributed by atoms with van der Waals surface area (Å²) in [4.78, 5) is 14.8. The number of aromatic nitrogens is 2. The van der Waals surface area contributed by atoms with Crippen LogP contribution >= 0.6 is 11.6 Å². The SMILES string of the molecule is O=C(O)c1ncn2c1COc1ccc(Cl)cc1-2. The first kappa shape index (κ1) is 10.2. The van der Waals surface area contributed by atoms with E-state index >= 15 is 0 Å². The summed E-state index contributed by atoms with van der Waals surface area (Å²) in [5.41, 5.74) is 1.24. The highest BCUT2D eigenvalue weighted by molar-refractivity contribution is 6.30. The van der Waals surface area contributed by atoms with Crippen LogP contribution in [-0.2, 0) is 6.61 Å². The van der Waals surface area contributed by atoms with Crippen molar-refractivity contribution in [3.8, 4) is 11.4 Å². The van der Waals surface area contributed by atoms with Crippen molar-refractivity contribution in [3.05, 3.63) is 40.9 Å². The van der Waals surface area contributed by atoms with Gasteiger partial charge in [0, 0.05) is 5.02 Å². The van der Waals surface area contributed by atoms with Gasteiger partial charge < -0.3 is 9.84 Å². The van der Waals surface area contributed by atoms with Crippen LogP contribution < -0.4 is 4.74 Å². The van der Waals surface area contributed by atoms with Gasteiger partial charge >= 0.3 is 5.97 Å². The number of fused-ring (bicyclic) bond motifs is 3. The van der Waals surface area contributed by atoms with Gasteiger partial charge in [0.05, 0.1) is 11.4 Å². The summed E-state index contributed by atoms with van der Waals surface area (Å²) in [6.07, 6.45) is 1.47. The highest BCUT2D eigenvalue weighted by Crippen LogP contribution is 2.32. The van der Waals surface area contributed by atoms with Crippen molar-refractivity contribution in [2.24, 2.45) is 0 Å². The second kappa shape index (κ2) is 3.49. The summed E-state index contributed by atoms with van der Waals surface area (Å²) in [6, 6.07) is 5.19. The van der Waals surface area contributed by atoms with Crippen molar-refractivity contribution in [1.82, 2.24) is 9.55 Å². The minimum atomic E-state index is -1.06. The largest absolute Gasteiger partial charge is 0.485 e. The van der Waals surface area contributed by atoms with Crippen molar-refractivity contribution < 1.29 is 14.6 Å². The van der Waals surface area contributed by atoms with Gasteiger partial charge in [0.2, 0.25) is 0 Å². The van der Waals surface area contributed by atoms with E-state index in [4.69, 9.17) is 21.4 Å². The van der Waals surface area contributed by atoms with Crippen molar-refractivity contribution in [2.45, 2.75) is 6.61 Å². The number of ether oxygens (including phenoxy) is 1. The van der Waals surface area contributed by atoms with Crippen LogP contribution in [0.4, 0.5) is 0 Å². The van der Waals surface area contributed by atoms with Crippen LogP contribution in [0.15, 0.2) is 24.5 Å². The minimum absolute atomic E-state index is 0.00984. The number of nitrogens with zero attached hydrogens (tertiary/aromatic N) is 2. The Morgan fingerprint density at radius 3 is 3.12 bits per heavy atom. The molecule has 6 heteroatoms. The Hall–Kier alpha value is -2.01. The number of carbonyl (C=O) groups is 1. The van der Waals surface area contributed by atoms with Crippen LogP contribution in [0.2, 0.25) is 5.02 Å². The predicted octanol–water partition coefficient (Wildman–Crippen LogP) is 2.12. The van der Waals surface area contributed by atoms with Crippen molar-refractivity contribution in [3.63, 3.8) is 0 Å². The van der Waals surface area contributed by atoms with E-state index in [9.17, 15) is 4.79 Å². The fourth-order valence-corrected chi connectivity index (χ4v) is 2.01.